The summed E-state index contributed by atoms with van der Waals surface area (Å²) in [5, 5.41) is 12.7. The van der Waals surface area contributed by atoms with Crippen molar-refractivity contribution in [3.8, 4) is 11.4 Å². The molecule has 7 nitrogen and oxygen atoms in total. The minimum atomic E-state index is -0.573. The Morgan fingerprint density at radius 3 is 2.38 bits per heavy atom. The van der Waals surface area contributed by atoms with E-state index in [1.807, 2.05) is 30.3 Å². The molecule has 0 bridgehead atoms. The minimum Gasteiger partial charge on any atom is -0.508 e. The van der Waals surface area contributed by atoms with E-state index in [1.165, 1.54) is 9.58 Å². The first kappa shape index (κ1) is 18.9. The van der Waals surface area contributed by atoms with E-state index in [4.69, 9.17) is 12.2 Å². The summed E-state index contributed by atoms with van der Waals surface area (Å²) in [4.78, 5) is 27.6. The number of aromatic hydroxyl groups is 1. The van der Waals surface area contributed by atoms with E-state index in [0.717, 1.165) is 5.56 Å². The van der Waals surface area contributed by atoms with Crippen molar-refractivity contribution in [1.29, 1.82) is 0 Å². The number of phenols is 1. The molecule has 148 valence electrons. The van der Waals surface area contributed by atoms with Gasteiger partial charge in [-0.25, -0.2) is 9.58 Å². The largest absolute Gasteiger partial charge is 0.508 e. The SMILES string of the molecule is Cc1c(N2C(=O)[C@@H](Cc3ccc(O)cc3)NC2=S)c(=O)n(-c2ccccc2)n1C. The van der Waals surface area contributed by atoms with Crippen molar-refractivity contribution in [1.82, 2.24) is 14.7 Å². The molecule has 0 radical (unpaired) electrons. The normalized spacial score (nSPS) is 16.3. The monoisotopic (exact) mass is 408 g/mol. The van der Waals surface area contributed by atoms with Crippen molar-refractivity contribution in [3.63, 3.8) is 0 Å². The number of rotatable bonds is 4. The van der Waals surface area contributed by atoms with Crippen molar-refractivity contribution in [3.05, 3.63) is 76.2 Å². The molecule has 1 amide bonds. The molecule has 2 N–H and O–H groups in total. The number of nitrogens with one attached hydrogen (secondary N) is 1. The van der Waals surface area contributed by atoms with Crippen LogP contribution < -0.4 is 15.8 Å². The molecule has 3 aromatic rings. The zero-order valence-corrected chi connectivity index (χ0v) is 16.8. The highest BCUT2D eigenvalue weighted by atomic mass is 32.1. The highest BCUT2D eigenvalue weighted by Crippen LogP contribution is 2.24. The van der Waals surface area contributed by atoms with Crippen LogP contribution in [-0.4, -0.2) is 31.5 Å². The van der Waals surface area contributed by atoms with Crippen LogP contribution in [0.2, 0.25) is 0 Å². The Morgan fingerprint density at radius 2 is 1.72 bits per heavy atom. The number of carbonyl (C=O) groups excluding carboxylic acids is 1. The van der Waals surface area contributed by atoms with E-state index in [1.54, 1.807) is 42.9 Å². The summed E-state index contributed by atoms with van der Waals surface area (Å²) in [6.45, 7) is 1.79. The van der Waals surface area contributed by atoms with Crippen LogP contribution in [0.15, 0.2) is 59.4 Å². The maximum absolute atomic E-state index is 13.2. The molecular weight excluding hydrogens is 388 g/mol. The summed E-state index contributed by atoms with van der Waals surface area (Å²) in [7, 11) is 1.78. The minimum absolute atomic E-state index is 0.165. The van der Waals surface area contributed by atoms with E-state index in [0.29, 0.717) is 17.8 Å². The summed E-state index contributed by atoms with van der Waals surface area (Å²) in [6.07, 6.45) is 0.397. The lowest BCUT2D eigenvalue weighted by atomic mass is 10.1. The summed E-state index contributed by atoms with van der Waals surface area (Å²) >= 11 is 5.40. The summed E-state index contributed by atoms with van der Waals surface area (Å²) in [6, 6.07) is 15.3. The Balaban J connectivity index is 1.70. The third-order valence-electron chi connectivity index (χ3n) is 5.14. The standard InChI is InChI=1S/C21H20N4O3S/c1-13-18(20(28)25(23(13)2)15-6-4-3-5-7-15)24-19(27)17(22-21(24)29)12-14-8-10-16(26)11-9-14/h3-11,17,26H,12H2,1-2H3,(H,22,29)/t17-/m1/s1. The van der Waals surface area contributed by atoms with Crippen LogP contribution in [0.5, 0.6) is 5.75 Å². The van der Waals surface area contributed by atoms with Crippen LogP contribution >= 0.6 is 12.2 Å². The number of nitrogens with zero attached hydrogens (tertiary/aromatic N) is 3. The van der Waals surface area contributed by atoms with Crippen molar-refractivity contribution < 1.29 is 9.90 Å². The van der Waals surface area contributed by atoms with Gasteiger partial charge in [0.1, 0.15) is 17.5 Å². The molecule has 1 aromatic heterocycles. The Kier molecular flexibility index (Phi) is 4.71. The van der Waals surface area contributed by atoms with E-state index in [2.05, 4.69) is 5.32 Å². The first-order chi connectivity index (χ1) is 13.9. The Morgan fingerprint density at radius 1 is 1.07 bits per heavy atom. The number of phenolic OH excluding ortho intramolecular Hbond substituents is 1. The van der Waals surface area contributed by atoms with E-state index in [-0.39, 0.29) is 28.0 Å². The molecule has 2 heterocycles. The predicted octanol–water partition coefficient (Wildman–Crippen LogP) is 2.02. The fraction of sp³-hybridized carbons (Fsp3) is 0.190. The molecule has 0 unspecified atom stereocenters. The van der Waals surface area contributed by atoms with Gasteiger partial charge in [-0.05, 0) is 49.0 Å². The van der Waals surface area contributed by atoms with Gasteiger partial charge in [-0.15, -0.1) is 0 Å². The number of aromatic nitrogens is 2. The van der Waals surface area contributed by atoms with Crippen LogP contribution in [0, 0.1) is 6.92 Å². The van der Waals surface area contributed by atoms with Crippen molar-refractivity contribution in [2.24, 2.45) is 7.05 Å². The highest BCUT2D eigenvalue weighted by Gasteiger charge is 2.39. The summed E-state index contributed by atoms with van der Waals surface area (Å²) < 4.78 is 3.24. The fourth-order valence-corrected chi connectivity index (χ4v) is 3.88. The number of anilines is 1. The van der Waals surface area contributed by atoms with Crippen molar-refractivity contribution in [2.75, 3.05) is 4.90 Å². The third kappa shape index (κ3) is 3.21. The second kappa shape index (κ2) is 7.21. The third-order valence-corrected chi connectivity index (χ3v) is 5.44. The molecule has 0 spiro atoms. The molecule has 0 aliphatic carbocycles. The van der Waals surface area contributed by atoms with Gasteiger partial charge in [0.15, 0.2) is 5.11 Å². The average molecular weight is 408 g/mol. The molecule has 4 rings (SSSR count). The highest BCUT2D eigenvalue weighted by molar-refractivity contribution is 7.80. The van der Waals surface area contributed by atoms with Crippen LogP contribution in [0.25, 0.3) is 5.69 Å². The van der Waals surface area contributed by atoms with Crippen molar-refractivity contribution >= 4 is 28.9 Å². The lowest BCUT2D eigenvalue weighted by Gasteiger charge is -2.13. The predicted molar refractivity (Wildman–Crippen MR) is 115 cm³/mol. The number of para-hydroxylation sites is 1. The maximum atomic E-state index is 13.2. The zero-order valence-electron chi connectivity index (χ0n) is 16.0. The number of thiocarbonyl (C=S) groups is 1. The van der Waals surface area contributed by atoms with Gasteiger partial charge in [0.25, 0.3) is 11.5 Å². The quantitative estimate of drug-likeness (QED) is 0.646. The Bertz CT molecular complexity index is 1150. The molecule has 2 aromatic carbocycles. The molecule has 29 heavy (non-hydrogen) atoms. The number of amides is 1. The first-order valence-corrected chi connectivity index (χ1v) is 9.55. The van der Waals surface area contributed by atoms with Gasteiger partial charge in [0, 0.05) is 13.5 Å². The number of benzene rings is 2. The molecule has 1 saturated heterocycles. The zero-order chi connectivity index (χ0) is 20.7. The van der Waals surface area contributed by atoms with Gasteiger partial charge in [0.05, 0.1) is 11.4 Å². The second-order valence-corrected chi connectivity index (χ2v) is 7.34. The van der Waals surface area contributed by atoms with Gasteiger partial charge in [-0.2, -0.15) is 0 Å². The van der Waals surface area contributed by atoms with E-state index < -0.39 is 6.04 Å². The fourth-order valence-electron chi connectivity index (χ4n) is 3.56. The lowest BCUT2D eigenvalue weighted by Crippen LogP contribution is -2.36. The molecule has 8 heteroatoms. The average Bonchev–Trinajstić information content (AvgIpc) is 3.10. The van der Waals surface area contributed by atoms with Gasteiger partial charge >= 0.3 is 0 Å². The van der Waals surface area contributed by atoms with Gasteiger partial charge in [-0.3, -0.25) is 14.3 Å². The molecule has 0 saturated carbocycles. The number of hydrogen-bond donors (Lipinski definition) is 2. The topological polar surface area (TPSA) is 79.5 Å². The first-order valence-electron chi connectivity index (χ1n) is 9.15. The molecule has 1 atom stereocenters. The van der Waals surface area contributed by atoms with Gasteiger partial charge in [0.2, 0.25) is 0 Å². The van der Waals surface area contributed by atoms with E-state index >= 15 is 0 Å². The summed E-state index contributed by atoms with van der Waals surface area (Å²) in [5.74, 6) is -0.105. The van der Waals surface area contributed by atoms with Crippen LogP contribution in [0.3, 0.4) is 0 Å². The van der Waals surface area contributed by atoms with Crippen molar-refractivity contribution in [2.45, 2.75) is 19.4 Å². The lowest BCUT2D eigenvalue weighted by molar-refractivity contribution is -0.118. The molecule has 1 fully saturated rings. The summed E-state index contributed by atoms with van der Waals surface area (Å²) in [5.41, 5.74) is 2.18. The number of carbonyl (C=O) groups is 1. The van der Waals surface area contributed by atoms with Gasteiger partial charge in [-0.1, -0.05) is 30.3 Å². The van der Waals surface area contributed by atoms with Crippen LogP contribution in [0.4, 0.5) is 5.69 Å². The number of hydrogen-bond acceptors (Lipinski definition) is 4. The van der Waals surface area contributed by atoms with Crippen LogP contribution in [0.1, 0.15) is 11.3 Å². The molecule has 1 aliphatic rings. The van der Waals surface area contributed by atoms with E-state index in [9.17, 15) is 14.7 Å². The Hall–Kier alpha value is -3.39. The smallest absolute Gasteiger partial charge is 0.296 e. The van der Waals surface area contributed by atoms with Gasteiger partial charge < -0.3 is 10.4 Å². The molecule has 1 aliphatic heterocycles. The molecular formula is C21H20N4O3S. The van der Waals surface area contributed by atoms with Crippen LogP contribution in [-0.2, 0) is 18.3 Å². The Labute approximate surface area is 172 Å². The maximum Gasteiger partial charge on any atom is 0.296 e. The second-order valence-electron chi connectivity index (χ2n) is 6.96.